The Balaban J connectivity index is 1.75. The van der Waals surface area contributed by atoms with Gasteiger partial charge in [0.2, 0.25) is 5.91 Å². The monoisotopic (exact) mass is 356 g/mol. The van der Waals surface area contributed by atoms with Gasteiger partial charge in [0, 0.05) is 31.6 Å². The Labute approximate surface area is 151 Å². The van der Waals surface area contributed by atoms with Gasteiger partial charge in [0.25, 0.3) is 5.56 Å². The zero-order chi connectivity index (χ0) is 18.4. The highest BCUT2D eigenvalue weighted by atomic mass is 16.3. The Morgan fingerprint density at radius 2 is 2.15 bits per heavy atom. The summed E-state index contributed by atoms with van der Waals surface area (Å²) >= 11 is 0. The normalized spacial score (nSPS) is 18.1. The molecule has 1 amide bonds. The second kappa shape index (κ2) is 6.30. The van der Waals surface area contributed by atoms with Crippen LogP contribution in [-0.4, -0.2) is 38.1 Å². The van der Waals surface area contributed by atoms with E-state index in [1.54, 1.807) is 6.07 Å². The van der Waals surface area contributed by atoms with Gasteiger partial charge in [0.05, 0.1) is 5.52 Å². The predicted octanol–water partition coefficient (Wildman–Crippen LogP) is 2.37. The third-order valence-corrected chi connectivity index (χ3v) is 5.17. The predicted molar refractivity (Wildman–Crippen MR) is 98.3 cm³/mol. The summed E-state index contributed by atoms with van der Waals surface area (Å²) in [5.74, 6) is 2.01. The summed E-state index contributed by atoms with van der Waals surface area (Å²) in [6, 6.07) is 3.66. The highest BCUT2D eigenvalue weighted by molar-refractivity contribution is 5.83. The Kier molecular flexibility index (Phi) is 4.09. The molecule has 0 radical (unpaired) electrons. The van der Waals surface area contributed by atoms with Crippen molar-refractivity contribution in [2.75, 3.05) is 13.1 Å². The van der Waals surface area contributed by atoms with Gasteiger partial charge in [-0.3, -0.25) is 14.0 Å². The van der Waals surface area contributed by atoms with Crippen LogP contribution in [0.3, 0.4) is 0 Å². The molecule has 1 aliphatic heterocycles. The maximum absolute atomic E-state index is 12.9. The molecule has 1 saturated heterocycles. The fourth-order valence-corrected chi connectivity index (χ4v) is 3.89. The van der Waals surface area contributed by atoms with Gasteiger partial charge in [-0.15, -0.1) is 0 Å². The average Bonchev–Trinajstić information content (AvgIpc) is 3.13. The number of rotatable bonds is 3. The molecule has 4 rings (SSSR count). The third kappa shape index (κ3) is 2.71. The summed E-state index contributed by atoms with van der Waals surface area (Å²) in [6.07, 6.45) is 2.82. The quantitative estimate of drug-likeness (QED) is 0.722. The molecule has 3 aromatic heterocycles. The lowest BCUT2D eigenvalue weighted by molar-refractivity contribution is -0.133. The van der Waals surface area contributed by atoms with Gasteiger partial charge in [-0.1, -0.05) is 13.8 Å². The van der Waals surface area contributed by atoms with Crippen molar-refractivity contribution in [1.29, 1.82) is 0 Å². The molecule has 138 valence electrons. The minimum Gasteiger partial charge on any atom is -0.460 e. The van der Waals surface area contributed by atoms with Gasteiger partial charge in [0.15, 0.2) is 5.58 Å². The smallest absolute Gasteiger partial charge is 0.291 e. The molecule has 0 saturated carbocycles. The van der Waals surface area contributed by atoms with E-state index < -0.39 is 0 Å². The minimum absolute atomic E-state index is 0.0133. The minimum atomic E-state index is -0.260. The fourth-order valence-electron chi connectivity index (χ4n) is 3.89. The van der Waals surface area contributed by atoms with E-state index in [4.69, 9.17) is 4.42 Å². The van der Waals surface area contributed by atoms with Gasteiger partial charge < -0.3 is 9.32 Å². The molecule has 3 aromatic rings. The lowest BCUT2D eigenvalue weighted by Gasteiger charge is -2.31. The molecule has 0 unspecified atom stereocenters. The van der Waals surface area contributed by atoms with E-state index in [2.05, 4.69) is 12.0 Å². The van der Waals surface area contributed by atoms with Crippen LogP contribution in [0.5, 0.6) is 0 Å². The van der Waals surface area contributed by atoms with E-state index in [9.17, 15) is 9.59 Å². The summed E-state index contributed by atoms with van der Waals surface area (Å²) in [7, 11) is 0. The van der Waals surface area contributed by atoms with E-state index >= 15 is 0 Å². The number of furan rings is 1. The van der Waals surface area contributed by atoms with Gasteiger partial charge >= 0.3 is 0 Å². The number of hydrogen-bond donors (Lipinski definition) is 0. The Bertz CT molecular complexity index is 1040. The number of piperidine rings is 1. The summed E-state index contributed by atoms with van der Waals surface area (Å²) in [5.41, 5.74) is 1.77. The second-order valence-electron chi connectivity index (χ2n) is 7.29. The molecule has 0 bridgehead atoms. The van der Waals surface area contributed by atoms with Crippen molar-refractivity contribution in [2.24, 2.45) is 5.92 Å². The first-order valence-corrected chi connectivity index (χ1v) is 9.27. The van der Waals surface area contributed by atoms with Crippen LogP contribution < -0.4 is 5.56 Å². The maximum Gasteiger partial charge on any atom is 0.291 e. The summed E-state index contributed by atoms with van der Waals surface area (Å²) in [6.45, 7) is 7.53. The molecule has 4 heterocycles. The second-order valence-corrected chi connectivity index (χ2v) is 7.29. The first kappa shape index (κ1) is 16.9. The summed E-state index contributed by atoms with van der Waals surface area (Å²) < 4.78 is 8.82. The van der Waals surface area contributed by atoms with Crippen molar-refractivity contribution in [1.82, 2.24) is 19.1 Å². The number of aryl methyl sites for hydroxylation is 2. The molecule has 7 nitrogen and oxygen atoms in total. The molecule has 7 heteroatoms. The topological polar surface area (TPSA) is 72.8 Å². The van der Waals surface area contributed by atoms with Crippen LogP contribution in [0.15, 0.2) is 21.3 Å². The van der Waals surface area contributed by atoms with Crippen molar-refractivity contribution in [3.8, 4) is 0 Å². The molecule has 26 heavy (non-hydrogen) atoms. The number of likely N-dealkylation sites (tertiary alicyclic amines) is 1. The zero-order valence-corrected chi connectivity index (χ0v) is 15.5. The lowest BCUT2D eigenvalue weighted by atomic mass is 10.0. The number of amides is 1. The fraction of sp³-hybridized carbons (Fsp3) is 0.526. The van der Waals surface area contributed by atoms with E-state index in [1.807, 2.05) is 29.2 Å². The van der Waals surface area contributed by atoms with Gasteiger partial charge in [-0.2, -0.15) is 5.10 Å². The number of carbonyl (C=O) groups is 1. The Morgan fingerprint density at radius 3 is 2.88 bits per heavy atom. The highest BCUT2D eigenvalue weighted by Crippen LogP contribution is 2.23. The van der Waals surface area contributed by atoms with E-state index in [1.165, 1.54) is 4.68 Å². The first-order chi connectivity index (χ1) is 12.5. The third-order valence-electron chi connectivity index (χ3n) is 5.17. The molecule has 1 fully saturated rings. The van der Waals surface area contributed by atoms with Gasteiger partial charge in [-0.05, 0) is 25.7 Å². The van der Waals surface area contributed by atoms with Crippen LogP contribution in [0.25, 0.3) is 16.6 Å². The number of carbonyl (C=O) groups excluding carboxylic acids is 1. The van der Waals surface area contributed by atoms with Crippen LogP contribution in [-0.2, 0) is 17.8 Å². The number of hydrogen-bond acceptors (Lipinski definition) is 4. The molecule has 0 spiro atoms. The average molecular weight is 356 g/mol. The Hall–Kier alpha value is -2.57. The van der Waals surface area contributed by atoms with E-state index in [0.717, 1.165) is 43.0 Å². The largest absolute Gasteiger partial charge is 0.460 e. The summed E-state index contributed by atoms with van der Waals surface area (Å²) in [5, 5.41) is 4.48. The lowest BCUT2D eigenvalue weighted by Crippen LogP contribution is -2.43. The van der Waals surface area contributed by atoms with Gasteiger partial charge in [-0.25, -0.2) is 4.68 Å². The number of aromatic nitrogens is 3. The van der Waals surface area contributed by atoms with Crippen molar-refractivity contribution < 1.29 is 9.21 Å². The van der Waals surface area contributed by atoms with Gasteiger partial charge in [0.1, 0.15) is 23.6 Å². The number of nitrogens with zero attached hydrogens (tertiary/aromatic N) is 4. The van der Waals surface area contributed by atoms with Crippen molar-refractivity contribution >= 4 is 22.5 Å². The van der Waals surface area contributed by atoms with Crippen LogP contribution in [0, 0.1) is 12.8 Å². The molecular formula is C19H24N4O3. The van der Waals surface area contributed by atoms with E-state index in [0.29, 0.717) is 23.4 Å². The Morgan fingerprint density at radius 1 is 1.35 bits per heavy atom. The van der Waals surface area contributed by atoms with Crippen LogP contribution in [0.2, 0.25) is 0 Å². The first-order valence-electron chi connectivity index (χ1n) is 9.27. The highest BCUT2D eigenvalue weighted by Gasteiger charge is 2.23. The van der Waals surface area contributed by atoms with Crippen molar-refractivity contribution in [3.05, 3.63) is 34.1 Å². The van der Waals surface area contributed by atoms with Crippen LogP contribution in [0.1, 0.15) is 38.3 Å². The zero-order valence-electron chi connectivity index (χ0n) is 15.5. The molecule has 0 aromatic carbocycles. The van der Waals surface area contributed by atoms with E-state index in [-0.39, 0.29) is 18.0 Å². The van der Waals surface area contributed by atoms with Crippen LogP contribution >= 0.6 is 0 Å². The van der Waals surface area contributed by atoms with Crippen molar-refractivity contribution in [3.63, 3.8) is 0 Å². The molecule has 0 N–H and O–H groups in total. The molecule has 1 aliphatic rings. The maximum atomic E-state index is 12.9. The molecular weight excluding hydrogens is 332 g/mol. The van der Waals surface area contributed by atoms with Crippen LogP contribution in [0.4, 0.5) is 0 Å². The number of fused-ring (bicyclic) bond motifs is 3. The summed E-state index contributed by atoms with van der Waals surface area (Å²) in [4.78, 5) is 27.4. The standard InChI is InChI=1S/C19H24N4O3/c1-4-17-20-22(11-18(24)21-7-5-6-12(2)10-21)19(25)15-9-16-14(23(15)17)8-13(3)26-16/h8-9,12H,4-7,10-11H2,1-3H3/t12-/m0/s1. The molecule has 0 aliphatic carbocycles. The SMILES string of the molecule is CCc1nn(CC(=O)N2CCC[C@H](C)C2)c(=O)c2cc3oc(C)cc3n12. The molecule has 1 atom stereocenters. The van der Waals surface area contributed by atoms with Crippen molar-refractivity contribution in [2.45, 2.75) is 46.6 Å².